The molecule has 7 heteroatoms. The van der Waals surface area contributed by atoms with Crippen LogP contribution in [0.25, 0.3) is 5.82 Å². The molecule has 4 heterocycles. The minimum absolute atomic E-state index is 0.0149. The summed E-state index contributed by atoms with van der Waals surface area (Å²) in [6.45, 7) is 5.80. The van der Waals surface area contributed by atoms with Crippen molar-refractivity contribution in [2.75, 3.05) is 20.3 Å². The standard InChI is InChI=1S/C23H27N5OS/c1-16-15-18(17(2)28(16)20-10-5-7-12-25-20)22-21(19-9-4-6-11-24-19)26-23(30)27(22)13-8-14-29-3/h4-7,9-12,15,21-22H,8,13-14H2,1-3H3,(H,26,30). The Labute approximate surface area is 182 Å². The van der Waals surface area contributed by atoms with Crippen LogP contribution in [0.15, 0.2) is 54.9 Å². The van der Waals surface area contributed by atoms with E-state index in [9.17, 15) is 0 Å². The Morgan fingerprint density at radius 1 is 1.10 bits per heavy atom. The zero-order chi connectivity index (χ0) is 21.1. The van der Waals surface area contributed by atoms with Gasteiger partial charge in [-0.05, 0) is 68.4 Å². The van der Waals surface area contributed by atoms with Crippen molar-refractivity contribution in [1.29, 1.82) is 0 Å². The van der Waals surface area contributed by atoms with E-state index in [1.54, 1.807) is 7.11 Å². The number of aromatic nitrogens is 3. The number of hydrogen-bond donors (Lipinski definition) is 1. The molecule has 4 rings (SSSR count). The predicted octanol–water partition coefficient (Wildman–Crippen LogP) is 3.89. The molecule has 2 atom stereocenters. The number of methoxy groups -OCH3 is 1. The van der Waals surface area contributed by atoms with E-state index in [0.29, 0.717) is 6.61 Å². The van der Waals surface area contributed by atoms with Crippen molar-refractivity contribution in [2.24, 2.45) is 0 Å². The molecular weight excluding hydrogens is 394 g/mol. The van der Waals surface area contributed by atoms with Gasteiger partial charge in [0, 0.05) is 44.0 Å². The number of hydrogen-bond acceptors (Lipinski definition) is 4. The van der Waals surface area contributed by atoms with Crippen molar-refractivity contribution in [3.05, 3.63) is 77.5 Å². The maximum atomic E-state index is 5.75. The molecule has 3 aromatic rings. The fourth-order valence-electron chi connectivity index (χ4n) is 4.29. The molecule has 0 aromatic carbocycles. The normalized spacial score (nSPS) is 18.6. The van der Waals surface area contributed by atoms with Crippen molar-refractivity contribution < 1.29 is 4.74 Å². The van der Waals surface area contributed by atoms with Crippen LogP contribution in [0.2, 0.25) is 0 Å². The quantitative estimate of drug-likeness (QED) is 0.461. The van der Waals surface area contributed by atoms with Crippen molar-refractivity contribution in [2.45, 2.75) is 32.4 Å². The topological polar surface area (TPSA) is 55.2 Å². The number of thiocarbonyl (C=S) groups is 1. The van der Waals surface area contributed by atoms with E-state index in [1.807, 2.05) is 42.7 Å². The van der Waals surface area contributed by atoms with Gasteiger partial charge in [0.2, 0.25) is 0 Å². The van der Waals surface area contributed by atoms with Crippen molar-refractivity contribution in [3.63, 3.8) is 0 Å². The lowest BCUT2D eigenvalue weighted by Gasteiger charge is -2.28. The number of rotatable bonds is 7. The summed E-state index contributed by atoms with van der Waals surface area (Å²) in [5, 5.41) is 4.28. The molecule has 0 saturated carbocycles. The van der Waals surface area contributed by atoms with E-state index < -0.39 is 0 Å². The van der Waals surface area contributed by atoms with E-state index >= 15 is 0 Å². The van der Waals surface area contributed by atoms with Gasteiger partial charge in [-0.25, -0.2) is 4.98 Å². The van der Waals surface area contributed by atoms with Gasteiger partial charge in [0.15, 0.2) is 5.11 Å². The van der Waals surface area contributed by atoms with E-state index in [4.69, 9.17) is 17.0 Å². The first-order valence-corrected chi connectivity index (χ1v) is 10.6. The molecule has 1 N–H and O–H groups in total. The first-order chi connectivity index (χ1) is 14.6. The molecule has 0 spiro atoms. The highest BCUT2D eigenvalue weighted by Crippen LogP contribution is 2.41. The van der Waals surface area contributed by atoms with Crippen LogP contribution in [0.1, 0.15) is 41.1 Å². The molecule has 0 radical (unpaired) electrons. The van der Waals surface area contributed by atoms with Crippen LogP contribution in [0, 0.1) is 13.8 Å². The smallest absolute Gasteiger partial charge is 0.170 e. The van der Waals surface area contributed by atoms with Gasteiger partial charge in [-0.1, -0.05) is 12.1 Å². The van der Waals surface area contributed by atoms with Gasteiger partial charge in [0.1, 0.15) is 5.82 Å². The summed E-state index contributed by atoms with van der Waals surface area (Å²) in [5.41, 5.74) is 4.54. The summed E-state index contributed by atoms with van der Waals surface area (Å²) in [5.74, 6) is 0.924. The Morgan fingerprint density at radius 3 is 2.53 bits per heavy atom. The monoisotopic (exact) mass is 421 g/mol. The molecule has 0 amide bonds. The van der Waals surface area contributed by atoms with Gasteiger partial charge in [-0.3, -0.25) is 4.98 Å². The van der Waals surface area contributed by atoms with Gasteiger partial charge < -0.3 is 19.5 Å². The van der Waals surface area contributed by atoms with Crippen molar-refractivity contribution >= 4 is 17.3 Å². The van der Waals surface area contributed by atoms with Crippen LogP contribution in [-0.4, -0.2) is 44.8 Å². The van der Waals surface area contributed by atoms with E-state index in [2.05, 4.69) is 50.7 Å². The predicted molar refractivity (Wildman–Crippen MR) is 122 cm³/mol. The third kappa shape index (κ3) is 3.82. The van der Waals surface area contributed by atoms with Gasteiger partial charge >= 0.3 is 0 Å². The van der Waals surface area contributed by atoms with Crippen LogP contribution >= 0.6 is 12.2 Å². The van der Waals surface area contributed by atoms with Crippen LogP contribution in [-0.2, 0) is 4.74 Å². The molecule has 1 aliphatic rings. The highest BCUT2D eigenvalue weighted by molar-refractivity contribution is 7.80. The van der Waals surface area contributed by atoms with Gasteiger partial charge in [-0.15, -0.1) is 0 Å². The van der Waals surface area contributed by atoms with Crippen molar-refractivity contribution in [3.8, 4) is 5.82 Å². The van der Waals surface area contributed by atoms with Gasteiger partial charge in [0.25, 0.3) is 0 Å². The Kier molecular flexibility index (Phi) is 6.11. The fraction of sp³-hybridized carbons (Fsp3) is 0.348. The minimum Gasteiger partial charge on any atom is -0.385 e. The van der Waals surface area contributed by atoms with Crippen LogP contribution in [0.4, 0.5) is 0 Å². The van der Waals surface area contributed by atoms with Crippen LogP contribution in [0.3, 0.4) is 0 Å². The second kappa shape index (κ2) is 8.93. The lowest BCUT2D eigenvalue weighted by atomic mass is 9.96. The Bertz CT molecular complexity index is 1010. The Hall–Kier alpha value is -2.77. The van der Waals surface area contributed by atoms with Crippen LogP contribution in [0.5, 0.6) is 0 Å². The maximum absolute atomic E-state index is 5.75. The highest BCUT2D eigenvalue weighted by atomic mass is 32.1. The molecule has 156 valence electrons. The molecule has 3 aromatic heterocycles. The maximum Gasteiger partial charge on any atom is 0.170 e. The molecule has 1 saturated heterocycles. The summed E-state index contributed by atoms with van der Waals surface area (Å²) in [6, 6.07) is 14.3. The number of nitrogens with zero attached hydrogens (tertiary/aromatic N) is 4. The summed E-state index contributed by atoms with van der Waals surface area (Å²) >= 11 is 5.75. The number of pyridine rings is 2. The Morgan fingerprint density at radius 2 is 1.87 bits per heavy atom. The summed E-state index contributed by atoms with van der Waals surface area (Å²) < 4.78 is 7.49. The first-order valence-electron chi connectivity index (χ1n) is 10.2. The third-order valence-electron chi connectivity index (χ3n) is 5.61. The van der Waals surface area contributed by atoms with E-state index in [0.717, 1.165) is 35.3 Å². The summed E-state index contributed by atoms with van der Waals surface area (Å²) in [6.07, 6.45) is 4.57. The van der Waals surface area contributed by atoms with Crippen LogP contribution < -0.4 is 5.32 Å². The van der Waals surface area contributed by atoms with E-state index in [-0.39, 0.29) is 12.1 Å². The lowest BCUT2D eigenvalue weighted by molar-refractivity contribution is 0.180. The molecule has 6 nitrogen and oxygen atoms in total. The second-order valence-electron chi connectivity index (χ2n) is 7.52. The Balaban J connectivity index is 1.78. The average molecular weight is 422 g/mol. The first kappa shape index (κ1) is 20.5. The fourth-order valence-corrected chi connectivity index (χ4v) is 4.62. The largest absolute Gasteiger partial charge is 0.385 e. The molecule has 1 fully saturated rings. The van der Waals surface area contributed by atoms with E-state index in [1.165, 1.54) is 11.3 Å². The minimum atomic E-state index is -0.0149. The zero-order valence-electron chi connectivity index (χ0n) is 17.6. The van der Waals surface area contributed by atoms with Gasteiger partial charge in [0.05, 0.1) is 17.8 Å². The average Bonchev–Trinajstić information content (AvgIpc) is 3.25. The molecule has 1 aliphatic heterocycles. The number of ether oxygens (including phenoxy) is 1. The molecule has 30 heavy (non-hydrogen) atoms. The summed E-state index contributed by atoms with van der Waals surface area (Å²) in [7, 11) is 1.73. The molecule has 0 aliphatic carbocycles. The molecule has 0 bridgehead atoms. The summed E-state index contributed by atoms with van der Waals surface area (Å²) in [4.78, 5) is 11.5. The zero-order valence-corrected chi connectivity index (χ0v) is 18.4. The molecule has 2 unspecified atom stereocenters. The van der Waals surface area contributed by atoms with Gasteiger partial charge in [-0.2, -0.15) is 0 Å². The van der Waals surface area contributed by atoms with Crippen molar-refractivity contribution in [1.82, 2.24) is 24.8 Å². The second-order valence-corrected chi connectivity index (χ2v) is 7.90. The number of nitrogens with one attached hydrogen (secondary N) is 1. The highest BCUT2D eigenvalue weighted by Gasteiger charge is 2.41. The lowest BCUT2D eigenvalue weighted by Crippen LogP contribution is -2.31. The third-order valence-corrected chi connectivity index (χ3v) is 5.96. The number of aryl methyl sites for hydroxylation is 1. The molecular formula is C23H27N5OS. The SMILES string of the molecule is COCCCN1C(=S)NC(c2ccccn2)C1c1cc(C)n(-c2ccccn2)c1C.